The van der Waals surface area contributed by atoms with Crippen LogP contribution in [0.15, 0.2) is 9.78 Å². The van der Waals surface area contributed by atoms with Gasteiger partial charge in [0.15, 0.2) is 0 Å². The summed E-state index contributed by atoms with van der Waals surface area (Å²) < 4.78 is 1.58. The summed E-state index contributed by atoms with van der Waals surface area (Å²) in [6, 6.07) is 0. The number of allylic oxidation sites excluding steroid dienone is 2. The first-order valence-electron chi connectivity index (χ1n) is 3.17. The van der Waals surface area contributed by atoms with Crippen LogP contribution in [0.5, 0.6) is 0 Å². The molecular formula is C6H9ClMg. The lowest BCUT2D eigenvalue weighted by Gasteiger charge is -2.08. The molecule has 0 saturated heterocycles. The third-order valence-corrected chi connectivity index (χ3v) is 3.57. The van der Waals surface area contributed by atoms with Gasteiger partial charge >= 0.3 is 19.3 Å². The SMILES string of the molecule is [Cl][Mg][C]1=CCCCC1. The fraction of sp³-hybridized carbons (Fsp3) is 0.667. The zero-order valence-corrected chi connectivity index (χ0v) is 7.16. The Balaban J connectivity index is 2.37. The number of hydrogen-bond acceptors (Lipinski definition) is 0. The summed E-state index contributed by atoms with van der Waals surface area (Å²) in [6.45, 7) is 0. The molecule has 1 aliphatic rings. The van der Waals surface area contributed by atoms with Crippen molar-refractivity contribution in [3.63, 3.8) is 0 Å². The molecule has 0 N–H and O–H groups in total. The summed E-state index contributed by atoms with van der Waals surface area (Å²) in [6.07, 6.45) is 7.69. The maximum Gasteiger partial charge on any atom is 0.534 e. The molecule has 0 aromatic carbocycles. The van der Waals surface area contributed by atoms with E-state index in [0.717, 1.165) is 0 Å². The average molecular weight is 141 g/mol. The zero-order chi connectivity index (χ0) is 5.82. The molecule has 0 nitrogen and oxygen atoms in total. The normalized spacial score (nSPS) is 19.4. The molecule has 0 spiro atoms. The van der Waals surface area contributed by atoms with Crippen molar-refractivity contribution in [2.24, 2.45) is 0 Å². The highest BCUT2D eigenvalue weighted by Gasteiger charge is 2.03. The van der Waals surface area contributed by atoms with Crippen LogP contribution in [0.2, 0.25) is 0 Å². The van der Waals surface area contributed by atoms with E-state index in [2.05, 4.69) is 6.08 Å². The van der Waals surface area contributed by atoms with E-state index >= 15 is 0 Å². The first-order chi connectivity index (χ1) is 3.93. The largest absolute Gasteiger partial charge is 0.534 e. The number of hydrogen-bond donors (Lipinski definition) is 0. The molecule has 0 saturated carbocycles. The second kappa shape index (κ2) is 3.75. The monoisotopic (exact) mass is 140 g/mol. The van der Waals surface area contributed by atoms with Crippen molar-refractivity contribution >= 4 is 28.3 Å². The Bertz CT molecular complexity index is 98.7. The molecule has 1 aliphatic carbocycles. The van der Waals surface area contributed by atoms with E-state index in [-0.39, 0.29) is 19.3 Å². The first kappa shape index (κ1) is 6.91. The van der Waals surface area contributed by atoms with Crippen LogP contribution in [-0.2, 0) is 0 Å². The highest BCUT2D eigenvalue weighted by molar-refractivity contribution is 6.97. The van der Waals surface area contributed by atoms with Gasteiger partial charge in [-0.15, -0.1) is 6.08 Å². The van der Waals surface area contributed by atoms with E-state index in [1.54, 1.807) is 3.70 Å². The Kier molecular flexibility index (Phi) is 3.24. The van der Waals surface area contributed by atoms with Gasteiger partial charge in [-0.2, -0.15) is 3.70 Å². The molecule has 0 fully saturated rings. The molecule has 42 valence electrons. The first-order valence-corrected chi connectivity index (χ1v) is 6.02. The van der Waals surface area contributed by atoms with Crippen LogP contribution in [0.25, 0.3) is 0 Å². The Morgan fingerprint density at radius 3 is 2.75 bits per heavy atom. The fourth-order valence-electron chi connectivity index (χ4n) is 1.03. The standard InChI is InChI=1S/C6H9.ClH.Mg/c1-2-4-6-5-3-1;;/h1H,2,4-6H2;1H;/q;;+1/p-1. The van der Waals surface area contributed by atoms with Gasteiger partial charge in [0.2, 0.25) is 0 Å². The van der Waals surface area contributed by atoms with E-state index in [1.165, 1.54) is 25.7 Å². The molecule has 0 aromatic rings. The molecule has 0 aromatic heterocycles. The summed E-state index contributed by atoms with van der Waals surface area (Å²) in [4.78, 5) is 0. The smallest absolute Gasteiger partial charge is 0.336 e. The lowest BCUT2D eigenvalue weighted by Crippen LogP contribution is -1.94. The second-order valence-corrected chi connectivity index (χ2v) is 4.22. The molecular weight excluding hydrogens is 132 g/mol. The van der Waals surface area contributed by atoms with Crippen LogP contribution in [0.4, 0.5) is 0 Å². The van der Waals surface area contributed by atoms with Crippen molar-refractivity contribution in [3.05, 3.63) is 9.78 Å². The zero-order valence-electron chi connectivity index (χ0n) is 4.99. The van der Waals surface area contributed by atoms with Gasteiger partial charge in [0, 0.05) is 0 Å². The Morgan fingerprint density at radius 1 is 1.50 bits per heavy atom. The van der Waals surface area contributed by atoms with E-state index in [9.17, 15) is 0 Å². The van der Waals surface area contributed by atoms with Crippen molar-refractivity contribution in [3.8, 4) is 0 Å². The van der Waals surface area contributed by atoms with E-state index in [1.807, 2.05) is 0 Å². The van der Waals surface area contributed by atoms with Crippen molar-refractivity contribution in [2.45, 2.75) is 25.7 Å². The predicted molar refractivity (Wildman–Crippen MR) is 38.2 cm³/mol. The van der Waals surface area contributed by atoms with E-state index in [0.29, 0.717) is 0 Å². The summed E-state index contributed by atoms with van der Waals surface area (Å²) in [5.74, 6) is 0. The molecule has 0 unspecified atom stereocenters. The topological polar surface area (TPSA) is 0 Å². The van der Waals surface area contributed by atoms with Gasteiger partial charge in [-0.3, -0.25) is 0 Å². The lowest BCUT2D eigenvalue weighted by atomic mass is 10.1. The molecule has 8 heavy (non-hydrogen) atoms. The average Bonchev–Trinajstić information content (AvgIpc) is 1.90. The highest BCUT2D eigenvalue weighted by atomic mass is 35.5. The summed E-state index contributed by atoms with van der Waals surface area (Å²) in [7, 11) is 5.75. The quantitative estimate of drug-likeness (QED) is 0.491. The highest BCUT2D eigenvalue weighted by Crippen LogP contribution is 2.16. The lowest BCUT2D eigenvalue weighted by molar-refractivity contribution is 0.721. The van der Waals surface area contributed by atoms with Crippen LogP contribution >= 0.6 is 9.07 Å². The third kappa shape index (κ3) is 1.96. The Labute approximate surface area is 63.8 Å². The maximum absolute atomic E-state index is 5.75. The Morgan fingerprint density at radius 2 is 2.38 bits per heavy atom. The minimum absolute atomic E-state index is 0.298. The second-order valence-electron chi connectivity index (χ2n) is 2.24. The van der Waals surface area contributed by atoms with Gasteiger partial charge in [-0.1, -0.05) is 12.8 Å². The van der Waals surface area contributed by atoms with Crippen molar-refractivity contribution < 1.29 is 0 Å². The maximum atomic E-state index is 5.75. The molecule has 0 atom stereocenters. The number of rotatable bonds is 1. The van der Waals surface area contributed by atoms with Crippen LogP contribution in [0.1, 0.15) is 25.7 Å². The van der Waals surface area contributed by atoms with Crippen LogP contribution in [0, 0.1) is 0 Å². The van der Waals surface area contributed by atoms with Gasteiger partial charge in [0.25, 0.3) is 0 Å². The van der Waals surface area contributed by atoms with Gasteiger partial charge < -0.3 is 9.07 Å². The number of halogens is 1. The molecule has 2 heteroatoms. The van der Waals surface area contributed by atoms with E-state index in [4.69, 9.17) is 9.07 Å². The van der Waals surface area contributed by atoms with Crippen molar-refractivity contribution in [2.75, 3.05) is 0 Å². The predicted octanol–water partition coefficient (Wildman–Crippen LogP) is 2.30. The van der Waals surface area contributed by atoms with Gasteiger partial charge in [-0.25, -0.2) is 0 Å². The van der Waals surface area contributed by atoms with Crippen LogP contribution < -0.4 is 0 Å². The molecule has 0 aliphatic heterocycles. The van der Waals surface area contributed by atoms with Gasteiger partial charge in [0.05, 0.1) is 0 Å². The molecule has 0 bridgehead atoms. The van der Waals surface area contributed by atoms with E-state index < -0.39 is 0 Å². The minimum atomic E-state index is -0.298. The van der Waals surface area contributed by atoms with Crippen LogP contribution in [-0.4, -0.2) is 19.3 Å². The molecule has 1 rings (SSSR count). The van der Waals surface area contributed by atoms with Crippen molar-refractivity contribution in [1.82, 2.24) is 0 Å². The Hall–Kier alpha value is 0.796. The molecule has 0 radical (unpaired) electrons. The molecule has 0 amide bonds. The minimum Gasteiger partial charge on any atom is -0.336 e. The van der Waals surface area contributed by atoms with Crippen molar-refractivity contribution in [1.29, 1.82) is 0 Å². The third-order valence-electron chi connectivity index (χ3n) is 1.56. The summed E-state index contributed by atoms with van der Waals surface area (Å²) in [5.41, 5.74) is 0. The van der Waals surface area contributed by atoms with Gasteiger partial charge in [0.1, 0.15) is 0 Å². The van der Waals surface area contributed by atoms with Crippen LogP contribution in [0.3, 0.4) is 0 Å². The molecule has 0 heterocycles. The summed E-state index contributed by atoms with van der Waals surface area (Å²) >= 11 is -0.298. The van der Waals surface area contributed by atoms with Gasteiger partial charge in [-0.05, 0) is 12.8 Å². The summed E-state index contributed by atoms with van der Waals surface area (Å²) in [5, 5.41) is 0. The fourth-order valence-corrected chi connectivity index (χ4v) is 2.45.